The summed E-state index contributed by atoms with van der Waals surface area (Å²) in [6.07, 6.45) is 5.83. The van der Waals surface area contributed by atoms with Crippen molar-refractivity contribution >= 4 is 23.2 Å². The highest BCUT2D eigenvalue weighted by Crippen LogP contribution is 2.31. The average molecular weight is 295 g/mol. The van der Waals surface area contributed by atoms with Crippen LogP contribution in [0, 0.1) is 5.92 Å². The molecule has 0 bridgehead atoms. The van der Waals surface area contributed by atoms with Gasteiger partial charge in [-0.05, 0) is 43.7 Å². The summed E-state index contributed by atoms with van der Waals surface area (Å²) in [5.41, 5.74) is 6.74. The van der Waals surface area contributed by atoms with Gasteiger partial charge < -0.3 is 10.6 Å². The highest BCUT2D eigenvalue weighted by Gasteiger charge is 2.27. The summed E-state index contributed by atoms with van der Waals surface area (Å²) in [4.78, 5) is 14.4. The summed E-state index contributed by atoms with van der Waals surface area (Å²) < 4.78 is 0. The van der Waals surface area contributed by atoms with E-state index >= 15 is 0 Å². The molecule has 2 N–H and O–H groups in total. The zero-order valence-electron chi connectivity index (χ0n) is 12.2. The van der Waals surface area contributed by atoms with E-state index in [-0.39, 0.29) is 5.91 Å². The van der Waals surface area contributed by atoms with E-state index in [1.54, 1.807) is 18.2 Å². The van der Waals surface area contributed by atoms with Crippen molar-refractivity contribution in [2.45, 2.75) is 45.1 Å². The number of anilines is 1. The first-order valence-electron chi connectivity index (χ1n) is 7.35. The molecular weight excluding hydrogens is 272 g/mol. The predicted molar refractivity (Wildman–Crippen MR) is 84.0 cm³/mol. The fourth-order valence-electron chi connectivity index (χ4n) is 3.01. The van der Waals surface area contributed by atoms with E-state index < -0.39 is 0 Å². The molecule has 1 fully saturated rings. The second kappa shape index (κ2) is 6.49. The molecule has 2 rings (SSSR count). The maximum atomic E-state index is 12.6. The van der Waals surface area contributed by atoms with Gasteiger partial charge >= 0.3 is 0 Å². The maximum absolute atomic E-state index is 12.6. The molecule has 0 atom stereocenters. The first kappa shape index (κ1) is 15.2. The number of amides is 1. The van der Waals surface area contributed by atoms with Crippen LogP contribution in [-0.2, 0) is 0 Å². The number of halogens is 1. The zero-order valence-corrected chi connectivity index (χ0v) is 13.0. The van der Waals surface area contributed by atoms with Gasteiger partial charge in [0.15, 0.2) is 0 Å². The normalized spacial score (nSPS) is 22.6. The van der Waals surface area contributed by atoms with Gasteiger partial charge in [-0.2, -0.15) is 0 Å². The number of nitrogen functional groups attached to an aromatic ring is 1. The van der Waals surface area contributed by atoms with Crippen molar-refractivity contribution in [1.29, 1.82) is 0 Å². The van der Waals surface area contributed by atoms with Gasteiger partial charge in [0.25, 0.3) is 5.91 Å². The fraction of sp³-hybridized carbons (Fsp3) is 0.562. The summed E-state index contributed by atoms with van der Waals surface area (Å²) >= 11 is 6.14. The molecule has 3 nitrogen and oxygen atoms in total. The molecule has 0 saturated heterocycles. The summed E-state index contributed by atoms with van der Waals surface area (Å²) in [6, 6.07) is 5.56. The molecule has 1 amide bonds. The lowest BCUT2D eigenvalue weighted by molar-refractivity contribution is 0.0675. The molecule has 0 spiro atoms. The Morgan fingerprint density at radius 1 is 1.35 bits per heavy atom. The third kappa shape index (κ3) is 3.09. The van der Waals surface area contributed by atoms with Gasteiger partial charge in [0.1, 0.15) is 0 Å². The van der Waals surface area contributed by atoms with Crippen molar-refractivity contribution in [3.63, 3.8) is 0 Å². The lowest BCUT2D eigenvalue weighted by Gasteiger charge is -2.34. The molecule has 1 aromatic rings. The number of nitrogens with two attached hydrogens (primary N) is 1. The highest BCUT2D eigenvalue weighted by molar-refractivity contribution is 6.36. The SMILES string of the molecule is CCC1CCC(N(C)C(=O)c2cccc(N)c2Cl)CC1. The largest absolute Gasteiger partial charge is 0.398 e. The minimum absolute atomic E-state index is 0.0257. The van der Waals surface area contributed by atoms with Crippen LogP contribution in [0.1, 0.15) is 49.4 Å². The second-order valence-corrected chi connectivity index (χ2v) is 6.09. The number of rotatable bonds is 3. The molecule has 1 aromatic carbocycles. The number of hydrogen-bond donors (Lipinski definition) is 1. The van der Waals surface area contributed by atoms with Crippen molar-refractivity contribution in [2.24, 2.45) is 5.92 Å². The Bertz CT molecular complexity index is 481. The van der Waals surface area contributed by atoms with Crippen LogP contribution >= 0.6 is 11.6 Å². The van der Waals surface area contributed by atoms with Crippen LogP contribution in [-0.4, -0.2) is 23.9 Å². The highest BCUT2D eigenvalue weighted by atomic mass is 35.5. The van der Waals surface area contributed by atoms with Crippen molar-refractivity contribution in [1.82, 2.24) is 4.90 Å². The monoisotopic (exact) mass is 294 g/mol. The molecule has 110 valence electrons. The number of benzene rings is 1. The standard InChI is InChI=1S/C16H23ClN2O/c1-3-11-7-9-12(10-8-11)19(2)16(20)13-5-4-6-14(18)15(13)17/h4-6,11-12H,3,7-10,18H2,1-2H3. The van der Waals surface area contributed by atoms with E-state index in [0.29, 0.717) is 22.3 Å². The molecule has 20 heavy (non-hydrogen) atoms. The topological polar surface area (TPSA) is 46.3 Å². The molecule has 0 radical (unpaired) electrons. The van der Waals surface area contributed by atoms with E-state index in [2.05, 4.69) is 6.92 Å². The Labute approximate surface area is 126 Å². The van der Waals surface area contributed by atoms with Crippen molar-refractivity contribution < 1.29 is 4.79 Å². The van der Waals surface area contributed by atoms with E-state index in [4.69, 9.17) is 17.3 Å². The quantitative estimate of drug-likeness (QED) is 0.858. The van der Waals surface area contributed by atoms with Crippen LogP contribution in [0.5, 0.6) is 0 Å². The van der Waals surface area contributed by atoms with Gasteiger partial charge in [-0.25, -0.2) is 0 Å². The lowest BCUT2D eigenvalue weighted by atomic mass is 9.84. The van der Waals surface area contributed by atoms with Gasteiger partial charge in [-0.1, -0.05) is 31.0 Å². The zero-order chi connectivity index (χ0) is 14.7. The van der Waals surface area contributed by atoms with Gasteiger partial charge in [-0.15, -0.1) is 0 Å². The molecule has 0 aromatic heterocycles. The van der Waals surface area contributed by atoms with Gasteiger partial charge in [0.2, 0.25) is 0 Å². The van der Waals surface area contributed by atoms with E-state index in [0.717, 1.165) is 18.8 Å². The van der Waals surface area contributed by atoms with Crippen LogP contribution in [0.15, 0.2) is 18.2 Å². The average Bonchev–Trinajstić information content (AvgIpc) is 2.48. The molecular formula is C16H23ClN2O. The van der Waals surface area contributed by atoms with E-state index in [9.17, 15) is 4.79 Å². The number of hydrogen-bond acceptors (Lipinski definition) is 2. The molecule has 1 aliphatic rings. The number of carbonyl (C=O) groups is 1. The maximum Gasteiger partial charge on any atom is 0.255 e. The van der Waals surface area contributed by atoms with Crippen molar-refractivity contribution in [3.05, 3.63) is 28.8 Å². The first-order valence-corrected chi connectivity index (χ1v) is 7.73. The predicted octanol–water partition coefficient (Wildman–Crippen LogP) is 3.96. The van der Waals surface area contributed by atoms with E-state index in [1.807, 2.05) is 11.9 Å². The smallest absolute Gasteiger partial charge is 0.255 e. The molecule has 4 heteroatoms. The number of nitrogens with zero attached hydrogens (tertiary/aromatic N) is 1. The van der Waals surface area contributed by atoms with E-state index in [1.165, 1.54) is 19.3 Å². The Morgan fingerprint density at radius 2 is 2.00 bits per heavy atom. The Hall–Kier alpha value is -1.22. The Morgan fingerprint density at radius 3 is 2.60 bits per heavy atom. The van der Waals surface area contributed by atoms with Gasteiger partial charge in [0.05, 0.1) is 16.3 Å². The Kier molecular flexibility index (Phi) is 4.92. The van der Waals surface area contributed by atoms with Gasteiger partial charge in [0, 0.05) is 13.1 Å². The molecule has 0 heterocycles. The van der Waals surface area contributed by atoms with Gasteiger partial charge in [-0.3, -0.25) is 4.79 Å². The minimum atomic E-state index is -0.0257. The first-order chi connectivity index (χ1) is 9.54. The lowest BCUT2D eigenvalue weighted by Crippen LogP contribution is -2.39. The second-order valence-electron chi connectivity index (χ2n) is 5.71. The number of carbonyl (C=O) groups excluding carboxylic acids is 1. The van der Waals surface area contributed by atoms with Crippen LogP contribution in [0.25, 0.3) is 0 Å². The summed E-state index contributed by atoms with van der Waals surface area (Å²) in [5.74, 6) is 0.799. The minimum Gasteiger partial charge on any atom is -0.398 e. The molecule has 1 saturated carbocycles. The van der Waals surface area contributed by atoms with Crippen molar-refractivity contribution in [2.75, 3.05) is 12.8 Å². The molecule has 1 aliphatic carbocycles. The third-order valence-corrected chi connectivity index (χ3v) is 4.94. The van der Waals surface area contributed by atoms with Crippen molar-refractivity contribution in [3.8, 4) is 0 Å². The Balaban J connectivity index is 2.07. The van der Waals surface area contributed by atoms with Crippen LogP contribution < -0.4 is 5.73 Å². The summed E-state index contributed by atoms with van der Waals surface area (Å²) in [7, 11) is 1.87. The fourth-order valence-corrected chi connectivity index (χ4v) is 3.22. The van der Waals surface area contributed by atoms with Crippen LogP contribution in [0.4, 0.5) is 5.69 Å². The molecule has 0 aliphatic heterocycles. The summed E-state index contributed by atoms with van der Waals surface area (Å²) in [6.45, 7) is 2.24. The molecule has 0 unspecified atom stereocenters. The van der Waals surface area contributed by atoms with Crippen LogP contribution in [0.3, 0.4) is 0 Å². The van der Waals surface area contributed by atoms with Crippen LogP contribution in [0.2, 0.25) is 5.02 Å². The summed E-state index contributed by atoms with van der Waals surface area (Å²) in [5, 5.41) is 0.367. The third-order valence-electron chi connectivity index (χ3n) is 4.52.